The van der Waals surface area contributed by atoms with Gasteiger partial charge in [0.25, 0.3) is 0 Å². The Labute approximate surface area is 183 Å². The van der Waals surface area contributed by atoms with E-state index >= 15 is 0 Å². The van der Waals surface area contributed by atoms with Crippen LogP contribution in [0.1, 0.15) is 40.0 Å². The van der Waals surface area contributed by atoms with E-state index in [0.29, 0.717) is 18.0 Å². The highest BCUT2D eigenvalue weighted by Crippen LogP contribution is 2.41. The van der Waals surface area contributed by atoms with Gasteiger partial charge in [0.2, 0.25) is 5.91 Å². The number of benzene rings is 3. The van der Waals surface area contributed by atoms with Crippen LogP contribution >= 0.6 is 11.8 Å². The number of para-hydroxylation sites is 2. The van der Waals surface area contributed by atoms with Gasteiger partial charge in [-0.25, -0.2) is 0 Å². The molecule has 3 rings (SSSR count). The number of hydrogen-bond acceptors (Lipinski definition) is 3. The predicted molar refractivity (Wildman–Crippen MR) is 127 cm³/mol. The molecule has 156 valence electrons. The Morgan fingerprint density at radius 1 is 0.933 bits per heavy atom. The van der Waals surface area contributed by atoms with Crippen molar-refractivity contribution in [2.75, 3.05) is 11.9 Å². The molecule has 3 nitrogen and oxygen atoms in total. The second-order valence-electron chi connectivity index (χ2n) is 7.42. The molecule has 0 bridgehead atoms. The number of carbonyl (C=O) groups is 1. The molecule has 4 heteroatoms. The normalized spacial score (nSPS) is 11.8. The maximum atomic E-state index is 13.5. The van der Waals surface area contributed by atoms with Crippen molar-refractivity contribution in [3.05, 3.63) is 88.5 Å². The van der Waals surface area contributed by atoms with Crippen molar-refractivity contribution in [2.24, 2.45) is 0 Å². The van der Waals surface area contributed by atoms with Crippen molar-refractivity contribution in [1.82, 2.24) is 0 Å². The number of thioether (sulfide) groups is 1. The lowest BCUT2D eigenvalue weighted by molar-refractivity contribution is -0.115. The summed E-state index contributed by atoms with van der Waals surface area (Å²) in [6.07, 6.45) is 0. The standard InChI is InChI=1S/C26H29NO2S/c1-6-29-23-15-11-10-14-22(23)27-26(28)25(21-12-8-7-9-13-21)30-24-19(4)17(2)16-18(3)20(24)5/h7-16,25H,6H2,1-5H3,(H,27,28)/t25-/m0/s1. The molecule has 0 aromatic heterocycles. The van der Waals surface area contributed by atoms with Gasteiger partial charge in [0, 0.05) is 4.90 Å². The first-order valence-electron chi connectivity index (χ1n) is 10.2. The summed E-state index contributed by atoms with van der Waals surface area (Å²) in [7, 11) is 0. The Kier molecular flexibility index (Phi) is 7.22. The topological polar surface area (TPSA) is 38.3 Å². The molecule has 0 spiro atoms. The number of nitrogens with one attached hydrogen (secondary N) is 1. The number of amides is 1. The summed E-state index contributed by atoms with van der Waals surface area (Å²) in [5.74, 6) is 0.625. The summed E-state index contributed by atoms with van der Waals surface area (Å²) in [4.78, 5) is 14.7. The Hall–Kier alpha value is -2.72. The van der Waals surface area contributed by atoms with Crippen molar-refractivity contribution in [3.63, 3.8) is 0 Å². The molecular weight excluding hydrogens is 390 g/mol. The Bertz CT molecular complexity index is 1000. The fourth-order valence-corrected chi connectivity index (χ4v) is 4.80. The van der Waals surface area contributed by atoms with E-state index in [4.69, 9.17) is 4.74 Å². The number of hydrogen-bond donors (Lipinski definition) is 1. The van der Waals surface area contributed by atoms with E-state index in [0.717, 1.165) is 5.56 Å². The predicted octanol–water partition coefficient (Wildman–Crippen LogP) is 6.79. The fourth-order valence-electron chi connectivity index (χ4n) is 3.43. The number of aryl methyl sites for hydroxylation is 2. The highest BCUT2D eigenvalue weighted by molar-refractivity contribution is 8.00. The molecule has 0 fully saturated rings. The second-order valence-corrected chi connectivity index (χ2v) is 8.53. The first-order chi connectivity index (χ1) is 14.4. The molecule has 3 aromatic rings. The summed E-state index contributed by atoms with van der Waals surface area (Å²) in [6.45, 7) is 11.0. The van der Waals surface area contributed by atoms with Gasteiger partial charge < -0.3 is 10.1 Å². The van der Waals surface area contributed by atoms with Crippen LogP contribution in [0, 0.1) is 27.7 Å². The van der Waals surface area contributed by atoms with Crippen LogP contribution in [0.15, 0.2) is 65.6 Å². The van der Waals surface area contributed by atoms with Gasteiger partial charge >= 0.3 is 0 Å². The SMILES string of the molecule is CCOc1ccccc1NC(=O)[C@@H](Sc1c(C)c(C)cc(C)c1C)c1ccccc1. The number of anilines is 1. The van der Waals surface area contributed by atoms with Gasteiger partial charge in [0.15, 0.2) is 0 Å². The molecule has 0 radical (unpaired) electrons. The van der Waals surface area contributed by atoms with Crippen molar-refractivity contribution in [3.8, 4) is 5.75 Å². The van der Waals surface area contributed by atoms with Gasteiger partial charge in [-0.2, -0.15) is 0 Å². The zero-order valence-electron chi connectivity index (χ0n) is 18.3. The highest BCUT2D eigenvalue weighted by Gasteiger charge is 2.25. The van der Waals surface area contributed by atoms with Gasteiger partial charge in [0.05, 0.1) is 12.3 Å². The lowest BCUT2D eigenvalue weighted by atomic mass is 10.0. The number of ether oxygens (including phenoxy) is 1. The van der Waals surface area contributed by atoms with Crippen LogP contribution in [-0.4, -0.2) is 12.5 Å². The van der Waals surface area contributed by atoms with Gasteiger partial charge in [0.1, 0.15) is 11.0 Å². The largest absolute Gasteiger partial charge is 0.492 e. The molecule has 0 aliphatic carbocycles. The van der Waals surface area contributed by atoms with Gasteiger partial charge in [-0.05, 0) is 74.6 Å². The minimum atomic E-state index is -0.375. The molecule has 0 saturated heterocycles. The summed E-state index contributed by atoms with van der Waals surface area (Å²) in [5.41, 5.74) is 6.62. The Morgan fingerprint density at radius 3 is 2.17 bits per heavy atom. The summed E-state index contributed by atoms with van der Waals surface area (Å²) < 4.78 is 5.69. The Balaban J connectivity index is 1.98. The zero-order chi connectivity index (χ0) is 21.7. The third-order valence-corrected chi connectivity index (χ3v) is 6.89. The van der Waals surface area contributed by atoms with E-state index in [2.05, 4.69) is 39.1 Å². The molecule has 0 unspecified atom stereocenters. The molecular formula is C26H29NO2S. The van der Waals surface area contributed by atoms with Crippen molar-refractivity contribution < 1.29 is 9.53 Å². The third kappa shape index (κ3) is 4.88. The van der Waals surface area contributed by atoms with Crippen molar-refractivity contribution >= 4 is 23.4 Å². The van der Waals surface area contributed by atoms with Gasteiger partial charge in [-0.3, -0.25) is 4.79 Å². The van der Waals surface area contributed by atoms with Crippen LogP contribution in [0.3, 0.4) is 0 Å². The molecule has 0 aliphatic heterocycles. The zero-order valence-corrected chi connectivity index (χ0v) is 19.1. The van der Waals surface area contributed by atoms with E-state index in [-0.39, 0.29) is 11.2 Å². The van der Waals surface area contributed by atoms with Crippen molar-refractivity contribution in [2.45, 2.75) is 44.8 Å². The van der Waals surface area contributed by atoms with Crippen LogP contribution < -0.4 is 10.1 Å². The first kappa shape index (κ1) is 22.0. The first-order valence-corrected chi connectivity index (χ1v) is 11.1. The van der Waals surface area contributed by atoms with Crippen LogP contribution in [0.5, 0.6) is 5.75 Å². The Morgan fingerprint density at radius 2 is 1.53 bits per heavy atom. The number of rotatable bonds is 7. The van der Waals surface area contributed by atoms with E-state index < -0.39 is 0 Å². The third-order valence-electron chi connectivity index (χ3n) is 5.32. The molecule has 30 heavy (non-hydrogen) atoms. The van der Waals surface area contributed by atoms with E-state index in [1.807, 2.05) is 61.5 Å². The van der Waals surface area contributed by atoms with E-state index in [1.54, 1.807) is 11.8 Å². The van der Waals surface area contributed by atoms with Crippen LogP contribution in [0.4, 0.5) is 5.69 Å². The smallest absolute Gasteiger partial charge is 0.242 e. The van der Waals surface area contributed by atoms with E-state index in [9.17, 15) is 4.79 Å². The minimum Gasteiger partial charge on any atom is -0.492 e. The maximum absolute atomic E-state index is 13.5. The summed E-state index contributed by atoms with van der Waals surface area (Å²) in [6, 6.07) is 19.7. The molecule has 3 aromatic carbocycles. The lowest BCUT2D eigenvalue weighted by Gasteiger charge is -2.22. The number of carbonyl (C=O) groups excluding carboxylic acids is 1. The average Bonchev–Trinajstić information content (AvgIpc) is 2.74. The molecule has 1 amide bonds. The van der Waals surface area contributed by atoms with Crippen LogP contribution in [0.25, 0.3) is 0 Å². The maximum Gasteiger partial charge on any atom is 0.242 e. The highest BCUT2D eigenvalue weighted by atomic mass is 32.2. The van der Waals surface area contributed by atoms with Gasteiger partial charge in [-0.1, -0.05) is 48.5 Å². The van der Waals surface area contributed by atoms with Crippen molar-refractivity contribution in [1.29, 1.82) is 0 Å². The lowest BCUT2D eigenvalue weighted by Crippen LogP contribution is -2.20. The fraction of sp³-hybridized carbons (Fsp3) is 0.269. The average molecular weight is 420 g/mol. The monoisotopic (exact) mass is 419 g/mol. The molecule has 0 heterocycles. The molecule has 0 saturated carbocycles. The van der Waals surface area contributed by atoms with E-state index in [1.165, 1.54) is 27.1 Å². The quantitative estimate of drug-likeness (QED) is 0.428. The van der Waals surface area contributed by atoms with Crippen LogP contribution in [-0.2, 0) is 4.79 Å². The summed E-state index contributed by atoms with van der Waals surface area (Å²) >= 11 is 1.62. The second kappa shape index (κ2) is 9.86. The molecule has 1 atom stereocenters. The summed E-state index contributed by atoms with van der Waals surface area (Å²) in [5, 5.41) is 2.72. The van der Waals surface area contributed by atoms with Gasteiger partial charge in [-0.15, -0.1) is 11.8 Å². The van der Waals surface area contributed by atoms with Crippen LogP contribution in [0.2, 0.25) is 0 Å². The molecule has 1 N–H and O–H groups in total. The minimum absolute atomic E-state index is 0.0590. The molecule has 0 aliphatic rings.